The van der Waals surface area contributed by atoms with Crippen LogP contribution in [0.25, 0.3) is 0 Å². The first-order valence-electron chi connectivity index (χ1n) is 5.79. The van der Waals surface area contributed by atoms with Crippen molar-refractivity contribution in [2.45, 2.75) is 25.6 Å². The zero-order chi connectivity index (χ0) is 11.4. The van der Waals surface area contributed by atoms with E-state index in [1.165, 1.54) is 5.56 Å². The molecular formula is C13H19NO2. The molecule has 0 aromatic heterocycles. The number of hydrogen-bond donors (Lipinski definition) is 1. The highest BCUT2D eigenvalue weighted by molar-refractivity contribution is 5.24. The monoisotopic (exact) mass is 221 g/mol. The molecule has 1 aliphatic heterocycles. The van der Waals surface area contributed by atoms with Gasteiger partial charge in [-0.05, 0) is 18.9 Å². The summed E-state index contributed by atoms with van der Waals surface area (Å²) in [4.78, 5) is 0. The van der Waals surface area contributed by atoms with Crippen molar-refractivity contribution < 1.29 is 9.47 Å². The van der Waals surface area contributed by atoms with Gasteiger partial charge in [-0.2, -0.15) is 0 Å². The SMILES string of the molecule is Cc1cccc(C(CN)OC2CCOC2)c1. The maximum absolute atomic E-state index is 5.95. The Labute approximate surface area is 96.5 Å². The van der Waals surface area contributed by atoms with Crippen molar-refractivity contribution in [2.75, 3.05) is 19.8 Å². The normalized spacial score (nSPS) is 22.2. The van der Waals surface area contributed by atoms with Gasteiger partial charge in [0.15, 0.2) is 0 Å². The summed E-state index contributed by atoms with van der Waals surface area (Å²) in [5.74, 6) is 0. The minimum atomic E-state index is -0.00778. The van der Waals surface area contributed by atoms with Crippen molar-refractivity contribution in [1.29, 1.82) is 0 Å². The molecule has 1 saturated heterocycles. The average Bonchev–Trinajstić information content (AvgIpc) is 2.78. The van der Waals surface area contributed by atoms with Crippen LogP contribution in [0.5, 0.6) is 0 Å². The van der Waals surface area contributed by atoms with Gasteiger partial charge in [-0.3, -0.25) is 0 Å². The van der Waals surface area contributed by atoms with Crippen LogP contribution in [-0.4, -0.2) is 25.9 Å². The van der Waals surface area contributed by atoms with Crippen LogP contribution in [0.15, 0.2) is 24.3 Å². The summed E-state index contributed by atoms with van der Waals surface area (Å²) in [5, 5.41) is 0. The molecule has 0 saturated carbocycles. The molecule has 0 amide bonds. The molecule has 2 N–H and O–H groups in total. The van der Waals surface area contributed by atoms with Gasteiger partial charge < -0.3 is 15.2 Å². The Balaban J connectivity index is 2.03. The van der Waals surface area contributed by atoms with Gasteiger partial charge in [0, 0.05) is 13.2 Å². The van der Waals surface area contributed by atoms with E-state index in [2.05, 4.69) is 25.1 Å². The number of benzene rings is 1. The van der Waals surface area contributed by atoms with Gasteiger partial charge in [-0.15, -0.1) is 0 Å². The van der Waals surface area contributed by atoms with Crippen molar-refractivity contribution in [3.8, 4) is 0 Å². The molecule has 2 rings (SSSR count). The Morgan fingerprint density at radius 1 is 1.56 bits per heavy atom. The molecule has 0 bridgehead atoms. The van der Waals surface area contributed by atoms with Crippen LogP contribution in [0.3, 0.4) is 0 Å². The van der Waals surface area contributed by atoms with E-state index in [1.54, 1.807) is 0 Å². The van der Waals surface area contributed by atoms with Crippen molar-refractivity contribution in [3.63, 3.8) is 0 Å². The molecule has 1 fully saturated rings. The highest BCUT2D eigenvalue weighted by Crippen LogP contribution is 2.22. The summed E-state index contributed by atoms with van der Waals surface area (Å²) >= 11 is 0. The second-order valence-electron chi connectivity index (χ2n) is 4.26. The Hall–Kier alpha value is -0.900. The summed E-state index contributed by atoms with van der Waals surface area (Å²) in [6.45, 7) is 4.09. The van der Waals surface area contributed by atoms with Crippen molar-refractivity contribution in [1.82, 2.24) is 0 Å². The van der Waals surface area contributed by atoms with Crippen molar-refractivity contribution >= 4 is 0 Å². The van der Waals surface area contributed by atoms with Crippen LogP contribution in [0.1, 0.15) is 23.7 Å². The zero-order valence-electron chi connectivity index (χ0n) is 9.69. The van der Waals surface area contributed by atoms with Gasteiger partial charge in [-0.1, -0.05) is 29.8 Å². The zero-order valence-corrected chi connectivity index (χ0v) is 9.69. The maximum Gasteiger partial charge on any atom is 0.0952 e. The average molecular weight is 221 g/mol. The van der Waals surface area contributed by atoms with Gasteiger partial charge in [0.25, 0.3) is 0 Å². The summed E-state index contributed by atoms with van der Waals surface area (Å²) in [5.41, 5.74) is 8.17. The number of aryl methyl sites for hydroxylation is 1. The quantitative estimate of drug-likeness (QED) is 0.843. The minimum Gasteiger partial charge on any atom is -0.379 e. The molecule has 1 aromatic carbocycles. The fraction of sp³-hybridized carbons (Fsp3) is 0.538. The molecule has 16 heavy (non-hydrogen) atoms. The van der Waals surface area contributed by atoms with E-state index in [-0.39, 0.29) is 12.2 Å². The molecule has 0 radical (unpaired) electrons. The first-order valence-corrected chi connectivity index (χ1v) is 5.79. The van der Waals surface area contributed by atoms with E-state index in [9.17, 15) is 0 Å². The third kappa shape index (κ3) is 2.82. The predicted octanol–water partition coefficient (Wildman–Crippen LogP) is 1.80. The lowest BCUT2D eigenvalue weighted by atomic mass is 10.1. The van der Waals surface area contributed by atoms with Crippen LogP contribution >= 0.6 is 0 Å². The molecule has 1 aliphatic rings. The molecule has 2 atom stereocenters. The van der Waals surface area contributed by atoms with Crippen LogP contribution in [0, 0.1) is 6.92 Å². The van der Waals surface area contributed by atoms with E-state index in [0.717, 1.165) is 18.6 Å². The largest absolute Gasteiger partial charge is 0.379 e. The van der Waals surface area contributed by atoms with E-state index in [0.29, 0.717) is 13.2 Å². The molecule has 1 aromatic rings. The van der Waals surface area contributed by atoms with Gasteiger partial charge in [0.2, 0.25) is 0 Å². The topological polar surface area (TPSA) is 44.5 Å². The Bertz CT molecular complexity index is 334. The molecule has 88 valence electrons. The lowest BCUT2D eigenvalue weighted by molar-refractivity contribution is -0.0125. The Morgan fingerprint density at radius 2 is 2.44 bits per heavy atom. The number of ether oxygens (including phenoxy) is 2. The first kappa shape index (κ1) is 11.6. The number of hydrogen-bond acceptors (Lipinski definition) is 3. The molecule has 1 heterocycles. The second kappa shape index (κ2) is 5.43. The standard InChI is InChI=1S/C13H19NO2/c1-10-3-2-4-11(7-10)13(8-14)16-12-5-6-15-9-12/h2-4,7,12-13H,5-6,8-9,14H2,1H3. The third-order valence-electron chi connectivity index (χ3n) is 2.87. The molecular weight excluding hydrogens is 202 g/mol. The molecule has 0 spiro atoms. The number of nitrogens with two attached hydrogens (primary N) is 1. The van der Waals surface area contributed by atoms with E-state index < -0.39 is 0 Å². The number of rotatable bonds is 4. The summed E-state index contributed by atoms with van der Waals surface area (Å²) in [7, 11) is 0. The molecule has 3 heteroatoms. The summed E-state index contributed by atoms with van der Waals surface area (Å²) in [6, 6.07) is 8.32. The summed E-state index contributed by atoms with van der Waals surface area (Å²) in [6.07, 6.45) is 1.17. The van der Waals surface area contributed by atoms with Crippen molar-refractivity contribution in [2.24, 2.45) is 5.73 Å². The first-order chi connectivity index (χ1) is 7.79. The Morgan fingerprint density at radius 3 is 3.06 bits per heavy atom. The lowest BCUT2D eigenvalue weighted by Crippen LogP contribution is -2.22. The predicted molar refractivity (Wildman–Crippen MR) is 63.3 cm³/mol. The maximum atomic E-state index is 5.95. The molecule has 3 nitrogen and oxygen atoms in total. The van der Waals surface area contributed by atoms with Crippen molar-refractivity contribution in [3.05, 3.63) is 35.4 Å². The fourth-order valence-corrected chi connectivity index (χ4v) is 1.99. The minimum absolute atomic E-state index is 0.00778. The van der Waals surface area contributed by atoms with Crippen LogP contribution in [0.2, 0.25) is 0 Å². The van der Waals surface area contributed by atoms with Crippen LogP contribution < -0.4 is 5.73 Å². The second-order valence-corrected chi connectivity index (χ2v) is 4.26. The third-order valence-corrected chi connectivity index (χ3v) is 2.87. The van der Waals surface area contributed by atoms with E-state index >= 15 is 0 Å². The Kier molecular flexibility index (Phi) is 3.93. The highest BCUT2D eigenvalue weighted by atomic mass is 16.5. The summed E-state index contributed by atoms with van der Waals surface area (Å²) < 4.78 is 11.2. The molecule has 0 aliphatic carbocycles. The van der Waals surface area contributed by atoms with Crippen LogP contribution in [-0.2, 0) is 9.47 Å². The smallest absolute Gasteiger partial charge is 0.0952 e. The molecule has 2 unspecified atom stereocenters. The lowest BCUT2D eigenvalue weighted by Gasteiger charge is -2.20. The van der Waals surface area contributed by atoms with E-state index in [1.807, 2.05) is 6.07 Å². The van der Waals surface area contributed by atoms with Gasteiger partial charge >= 0.3 is 0 Å². The van der Waals surface area contributed by atoms with Gasteiger partial charge in [0.1, 0.15) is 0 Å². The highest BCUT2D eigenvalue weighted by Gasteiger charge is 2.21. The van der Waals surface area contributed by atoms with Gasteiger partial charge in [-0.25, -0.2) is 0 Å². The van der Waals surface area contributed by atoms with E-state index in [4.69, 9.17) is 15.2 Å². The fourth-order valence-electron chi connectivity index (χ4n) is 1.99. The van der Waals surface area contributed by atoms with Gasteiger partial charge in [0.05, 0.1) is 18.8 Å². The van der Waals surface area contributed by atoms with Crippen LogP contribution in [0.4, 0.5) is 0 Å².